The Bertz CT molecular complexity index is 1910. The number of rotatable bonds is 31. The van der Waals surface area contributed by atoms with Crippen molar-refractivity contribution in [2.24, 2.45) is 0 Å². The van der Waals surface area contributed by atoms with Crippen LogP contribution in [0.2, 0.25) is 0 Å². The van der Waals surface area contributed by atoms with Gasteiger partial charge in [0.2, 0.25) is 17.7 Å². The van der Waals surface area contributed by atoms with Gasteiger partial charge in [-0.05, 0) is 18.6 Å². The number of ether oxygens (including phenoxy) is 9. The summed E-state index contributed by atoms with van der Waals surface area (Å²) in [6.07, 6.45) is -44.8. The molecule has 0 radical (unpaired) electrons. The Morgan fingerprint density at radius 1 is 0.750 bits per heavy atom. The third-order valence-electron chi connectivity index (χ3n) is 13.6. The van der Waals surface area contributed by atoms with Gasteiger partial charge in [0.1, 0.15) is 104 Å². The van der Waals surface area contributed by atoms with Crippen LogP contribution in [0.1, 0.15) is 39.5 Å². The highest BCUT2D eigenvalue weighted by Gasteiger charge is 2.60. The molecule has 25 atom stereocenters. The predicted molar refractivity (Wildman–Crippen MR) is 261 cm³/mol. The molecule has 35 heteroatoms. The van der Waals surface area contributed by atoms with Crippen LogP contribution in [0, 0.1) is 0 Å². The molecule has 0 aromatic carbocycles. The Morgan fingerprint density at radius 2 is 1.32 bits per heavy atom. The van der Waals surface area contributed by atoms with Gasteiger partial charge in [0.15, 0.2) is 25.1 Å². The van der Waals surface area contributed by atoms with Crippen LogP contribution in [-0.4, -0.2) is 329 Å². The van der Waals surface area contributed by atoms with Gasteiger partial charge in [0, 0.05) is 54.0 Å². The average Bonchev–Trinajstić information content (AvgIpc) is 3.61. The summed E-state index contributed by atoms with van der Waals surface area (Å²) in [6, 6.07) is -3.50. The molecule has 80 heavy (non-hydrogen) atoms. The smallest absolute Gasteiger partial charge is 0.364 e. The number of nitrogens with zero attached hydrogens (tertiary/aromatic N) is 1. The normalized spacial score (nSPS) is 37.2. The molecular formula is C45H80N4O30S. The van der Waals surface area contributed by atoms with Crippen molar-refractivity contribution in [1.29, 1.82) is 0 Å². The third-order valence-corrected chi connectivity index (χ3v) is 13.9. The first kappa shape index (κ1) is 69.7. The van der Waals surface area contributed by atoms with Gasteiger partial charge in [-0.15, -0.1) is 0 Å². The summed E-state index contributed by atoms with van der Waals surface area (Å²) in [7, 11) is 2.23. The first-order valence-electron chi connectivity index (χ1n) is 25.5. The number of carboxylic acids is 1. The lowest BCUT2D eigenvalue weighted by molar-refractivity contribution is -0.380. The van der Waals surface area contributed by atoms with Gasteiger partial charge in [-0.3, -0.25) is 19.2 Å². The number of thiol groups is 1. The van der Waals surface area contributed by atoms with E-state index in [1.165, 1.54) is 7.05 Å². The van der Waals surface area contributed by atoms with Crippen molar-refractivity contribution < 1.29 is 148 Å². The summed E-state index contributed by atoms with van der Waals surface area (Å²) < 4.78 is 51.9. The summed E-state index contributed by atoms with van der Waals surface area (Å²) in [5, 5.41) is 182. The molecule has 0 bridgehead atoms. The van der Waals surface area contributed by atoms with Crippen LogP contribution in [-0.2, 0) is 66.6 Å². The molecule has 4 rings (SSSR count). The quantitative estimate of drug-likeness (QED) is 0.0133. The van der Waals surface area contributed by atoms with Crippen molar-refractivity contribution in [3.05, 3.63) is 0 Å². The maximum Gasteiger partial charge on any atom is 0.364 e. The van der Waals surface area contributed by atoms with E-state index in [2.05, 4.69) is 28.6 Å². The van der Waals surface area contributed by atoms with Crippen molar-refractivity contribution in [3.63, 3.8) is 0 Å². The van der Waals surface area contributed by atoms with E-state index in [0.29, 0.717) is 12.2 Å². The Labute approximate surface area is 463 Å². The summed E-state index contributed by atoms with van der Waals surface area (Å²) in [5.74, 6) is -6.76. The third kappa shape index (κ3) is 17.4. The number of nitrogens with one attached hydrogen (secondary N) is 3. The van der Waals surface area contributed by atoms with Gasteiger partial charge < -0.3 is 140 Å². The SMILES string of the molecule is CO[C@@H](OC1C(NC(C)=O)[C@H](O[C@H]2C(CO)O[C@@H](O[C@@H]3C(CO)O[C@@H](N(C)OCCNC(=O)CCCS)C(O)C3O)C(O)C2O)OC(CO)[C@@H]1O)C(O)C(O[C@]1(C(=O)O)CC(O)[C@@H](NC(C)=O)C([C@H](O)[C@H](O)CO)O1)[C@@H](O)CCO. The van der Waals surface area contributed by atoms with Crippen molar-refractivity contribution in [2.75, 3.05) is 66.1 Å². The zero-order chi connectivity index (χ0) is 59.9. The van der Waals surface area contributed by atoms with Crippen molar-refractivity contribution >= 4 is 36.3 Å². The topological polar surface area (TPSA) is 524 Å². The zero-order valence-corrected chi connectivity index (χ0v) is 45.0. The highest BCUT2D eigenvalue weighted by atomic mass is 32.1. The summed E-state index contributed by atoms with van der Waals surface area (Å²) in [5.41, 5.74) is 0. The molecule has 4 fully saturated rings. The average molecular weight is 1190 g/mol. The summed E-state index contributed by atoms with van der Waals surface area (Å²) in [4.78, 5) is 55.5. The van der Waals surface area contributed by atoms with E-state index >= 15 is 0 Å². The second kappa shape index (κ2) is 32.5. The van der Waals surface area contributed by atoms with Gasteiger partial charge in [0.25, 0.3) is 5.79 Å². The molecule has 466 valence electrons. The molecule has 34 nitrogen and oxygen atoms in total. The number of hydrogen-bond donors (Lipinski definition) is 20. The highest BCUT2D eigenvalue weighted by Crippen LogP contribution is 2.38. The fourth-order valence-electron chi connectivity index (χ4n) is 9.42. The lowest BCUT2D eigenvalue weighted by Gasteiger charge is -2.50. The van der Waals surface area contributed by atoms with Crippen LogP contribution in [0.3, 0.4) is 0 Å². The van der Waals surface area contributed by atoms with E-state index in [-0.39, 0.29) is 25.5 Å². The number of hydrogen-bond acceptors (Lipinski definition) is 31. The molecule has 0 saturated carbocycles. The Balaban J connectivity index is 1.59. The standard InChI is InChI=1S/C45H80N4O30S/c1-17(55)47-26-20(58)12-45(44(68)69,79-39(26)28(61)21(59)13-51)78-35(19(57)7-9-50)34(67)42(70-4)77-38-27(48-18(2)56)41(73-22(14-52)29(38)62)75-37-24(16-54)74-43(33(66)31(37)64)76-36-23(15-53)72-40(32(65)30(36)63)49(3)71-10-8-46-25(60)6-5-11-80/h19-24,26-43,50-54,57-59,61-67,80H,5-16H2,1-4H3,(H,46,60)(H,47,55)(H,48,56)(H,68,69)/t19-,20?,21+,22?,23?,24?,26+,27?,28+,29-,30?,31?,32?,33?,34?,35?,36+,37-,38?,39?,40+,41-,42-,43-,45+/m0/s1. The van der Waals surface area contributed by atoms with Gasteiger partial charge in [-0.2, -0.15) is 17.7 Å². The fraction of sp³-hybridized carbons (Fsp3) is 0.911. The number of carbonyl (C=O) groups is 4. The molecule has 0 aromatic rings. The molecule has 3 amide bonds. The van der Waals surface area contributed by atoms with Crippen molar-refractivity contribution in [3.8, 4) is 0 Å². The summed E-state index contributed by atoms with van der Waals surface area (Å²) in [6.45, 7) is -3.02. The molecule has 0 aromatic heterocycles. The number of aliphatic hydroxyl groups is 15. The van der Waals surface area contributed by atoms with Crippen LogP contribution in [0.5, 0.6) is 0 Å². The monoisotopic (exact) mass is 1190 g/mol. The van der Waals surface area contributed by atoms with E-state index < -0.39 is 216 Å². The lowest BCUT2D eigenvalue weighted by Crippen LogP contribution is -2.70. The number of carboxylic acid groups (broad SMARTS) is 1. The molecule has 4 saturated heterocycles. The fourth-order valence-corrected chi connectivity index (χ4v) is 9.58. The van der Waals surface area contributed by atoms with Gasteiger partial charge in [-0.25, -0.2) is 4.79 Å². The number of carbonyl (C=O) groups excluding carboxylic acids is 3. The van der Waals surface area contributed by atoms with Crippen LogP contribution in [0.15, 0.2) is 0 Å². The Kier molecular flexibility index (Phi) is 28.3. The molecule has 0 spiro atoms. The maximum absolute atomic E-state index is 13.1. The van der Waals surface area contributed by atoms with Crippen molar-refractivity contribution in [2.45, 2.75) is 192 Å². The molecule has 4 heterocycles. The van der Waals surface area contributed by atoms with Crippen LogP contribution in [0.4, 0.5) is 0 Å². The first-order valence-corrected chi connectivity index (χ1v) is 26.1. The number of methoxy groups -OCH3 is 1. The van der Waals surface area contributed by atoms with E-state index in [4.69, 9.17) is 47.5 Å². The number of aliphatic carboxylic acids is 1. The second-order valence-corrected chi connectivity index (χ2v) is 19.8. The minimum absolute atomic E-state index is 0.0589. The second-order valence-electron chi connectivity index (χ2n) is 19.4. The first-order chi connectivity index (χ1) is 37.8. The molecule has 4 aliphatic rings. The number of hydroxylamine groups is 2. The minimum Gasteiger partial charge on any atom is -0.477 e. The Hall–Kier alpha value is -2.81. The molecule has 0 aliphatic carbocycles. The zero-order valence-electron chi connectivity index (χ0n) is 44.1. The van der Waals surface area contributed by atoms with Gasteiger partial charge >= 0.3 is 5.97 Å². The molecule has 19 N–H and O–H groups in total. The Morgan fingerprint density at radius 3 is 1.88 bits per heavy atom. The van der Waals surface area contributed by atoms with E-state index in [0.717, 1.165) is 26.0 Å². The van der Waals surface area contributed by atoms with Gasteiger partial charge in [-0.1, -0.05) is 0 Å². The number of amides is 3. The van der Waals surface area contributed by atoms with E-state index in [1.807, 2.05) is 0 Å². The molecular weight excluding hydrogens is 1110 g/mol. The summed E-state index contributed by atoms with van der Waals surface area (Å²) >= 11 is 4.06. The minimum atomic E-state index is -3.22. The number of aliphatic hydroxyl groups excluding tert-OH is 15. The van der Waals surface area contributed by atoms with Gasteiger partial charge in [0.05, 0.1) is 51.3 Å². The number of likely N-dealkylation sites (N-methyl/N-ethyl adjacent to an activating group) is 1. The van der Waals surface area contributed by atoms with E-state index in [1.54, 1.807) is 0 Å². The lowest BCUT2D eigenvalue weighted by atomic mass is 9.88. The predicted octanol–water partition coefficient (Wildman–Crippen LogP) is -11.1. The maximum atomic E-state index is 13.1. The molecule has 4 aliphatic heterocycles. The van der Waals surface area contributed by atoms with Crippen molar-refractivity contribution in [1.82, 2.24) is 21.0 Å². The molecule has 13 unspecified atom stereocenters. The highest BCUT2D eigenvalue weighted by molar-refractivity contribution is 7.80. The van der Waals surface area contributed by atoms with E-state index in [9.17, 15) is 101 Å². The largest absolute Gasteiger partial charge is 0.477 e. The van der Waals surface area contributed by atoms with Crippen LogP contribution in [0.25, 0.3) is 0 Å². The van der Waals surface area contributed by atoms with Crippen LogP contribution < -0.4 is 16.0 Å². The van der Waals surface area contributed by atoms with Crippen LogP contribution >= 0.6 is 12.6 Å².